The number of aromatic nitrogens is 2. The van der Waals surface area contributed by atoms with Crippen molar-refractivity contribution < 1.29 is 4.74 Å². The summed E-state index contributed by atoms with van der Waals surface area (Å²) in [6.45, 7) is 1.21. The van der Waals surface area contributed by atoms with Gasteiger partial charge in [0, 0.05) is 5.56 Å². The molecule has 0 saturated carbocycles. The number of halogens is 1. The molecule has 0 N–H and O–H groups in total. The maximum atomic E-state index is 6.46. The second-order valence-corrected chi connectivity index (χ2v) is 7.32. The first-order chi connectivity index (χ1) is 14.3. The summed E-state index contributed by atoms with van der Waals surface area (Å²) in [6, 6.07) is 30.4. The summed E-state index contributed by atoms with van der Waals surface area (Å²) in [6.07, 6.45) is 0. The van der Waals surface area contributed by atoms with Crippen LogP contribution in [0.2, 0.25) is 5.02 Å². The molecule has 0 unspecified atom stereocenters. The van der Waals surface area contributed by atoms with Crippen molar-refractivity contribution in [3.63, 3.8) is 0 Å². The predicted octanol–water partition coefficient (Wildman–Crippen LogP) is 6.59. The van der Waals surface area contributed by atoms with Crippen LogP contribution in [0.4, 0.5) is 0 Å². The Hall–Kier alpha value is -3.30. The number of rotatable bonds is 5. The Bertz CT molecular complexity index is 1310. The number of benzene rings is 4. The van der Waals surface area contributed by atoms with Crippen LogP contribution in [0.5, 0.6) is 5.75 Å². The molecule has 4 heteroatoms. The highest BCUT2D eigenvalue weighted by Gasteiger charge is 2.14. The molecule has 0 aliphatic rings. The summed E-state index contributed by atoms with van der Waals surface area (Å²) in [7, 11) is 0. The van der Waals surface area contributed by atoms with Gasteiger partial charge in [0.05, 0.1) is 22.6 Å². The van der Waals surface area contributed by atoms with Crippen molar-refractivity contribution in [2.75, 3.05) is 6.61 Å². The van der Waals surface area contributed by atoms with E-state index in [4.69, 9.17) is 21.3 Å². The van der Waals surface area contributed by atoms with Gasteiger partial charge in [-0.25, -0.2) is 4.98 Å². The third kappa shape index (κ3) is 3.45. The number of ether oxygens (including phenoxy) is 1. The van der Waals surface area contributed by atoms with Crippen LogP contribution in [0, 0.1) is 0 Å². The fourth-order valence-electron chi connectivity index (χ4n) is 3.66. The van der Waals surface area contributed by atoms with Crippen molar-refractivity contribution in [3.05, 3.63) is 96.0 Å². The molecule has 5 aromatic rings. The standard InChI is InChI=1S/C25H19ClN2O/c26-22-10-4-3-9-21(22)25-27-23-11-5-6-12-24(23)28(25)15-16-29-20-14-13-18-7-1-2-8-19(18)17-20/h1-14,17H,15-16H2. The van der Waals surface area contributed by atoms with Gasteiger partial charge in [-0.1, -0.05) is 66.2 Å². The van der Waals surface area contributed by atoms with Gasteiger partial charge in [-0.05, 0) is 47.2 Å². The van der Waals surface area contributed by atoms with E-state index in [1.54, 1.807) is 0 Å². The number of para-hydroxylation sites is 2. The fourth-order valence-corrected chi connectivity index (χ4v) is 3.88. The molecule has 3 nitrogen and oxygen atoms in total. The summed E-state index contributed by atoms with van der Waals surface area (Å²) >= 11 is 6.46. The molecular weight excluding hydrogens is 380 g/mol. The molecule has 0 saturated heterocycles. The van der Waals surface area contributed by atoms with Crippen molar-refractivity contribution in [1.82, 2.24) is 9.55 Å². The Morgan fingerprint density at radius 2 is 1.55 bits per heavy atom. The molecule has 0 radical (unpaired) electrons. The second-order valence-electron chi connectivity index (χ2n) is 6.91. The van der Waals surface area contributed by atoms with Gasteiger partial charge in [0.1, 0.15) is 18.2 Å². The summed E-state index contributed by atoms with van der Waals surface area (Å²) in [5.41, 5.74) is 2.95. The average molecular weight is 399 g/mol. The number of fused-ring (bicyclic) bond motifs is 2. The smallest absolute Gasteiger partial charge is 0.142 e. The fraction of sp³-hybridized carbons (Fsp3) is 0.0800. The molecule has 0 amide bonds. The Morgan fingerprint density at radius 1 is 0.793 bits per heavy atom. The van der Waals surface area contributed by atoms with Gasteiger partial charge in [-0.2, -0.15) is 0 Å². The van der Waals surface area contributed by atoms with E-state index in [-0.39, 0.29) is 0 Å². The zero-order chi connectivity index (χ0) is 19.6. The summed E-state index contributed by atoms with van der Waals surface area (Å²) in [5.74, 6) is 1.73. The maximum Gasteiger partial charge on any atom is 0.142 e. The van der Waals surface area contributed by atoms with Crippen LogP contribution in [0.3, 0.4) is 0 Å². The molecule has 29 heavy (non-hydrogen) atoms. The average Bonchev–Trinajstić information content (AvgIpc) is 3.12. The van der Waals surface area contributed by atoms with Gasteiger partial charge < -0.3 is 9.30 Å². The third-order valence-corrected chi connectivity index (χ3v) is 5.40. The molecule has 0 aliphatic carbocycles. The zero-order valence-electron chi connectivity index (χ0n) is 15.8. The summed E-state index contributed by atoms with van der Waals surface area (Å²) in [4.78, 5) is 4.83. The molecule has 142 valence electrons. The number of nitrogens with zero attached hydrogens (tertiary/aromatic N) is 2. The van der Waals surface area contributed by atoms with Crippen molar-refractivity contribution in [3.8, 4) is 17.1 Å². The number of hydrogen-bond acceptors (Lipinski definition) is 2. The quantitative estimate of drug-likeness (QED) is 0.334. The Kier molecular flexibility index (Phi) is 4.66. The van der Waals surface area contributed by atoms with Gasteiger partial charge in [0.15, 0.2) is 0 Å². The Balaban J connectivity index is 1.45. The highest BCUT2D eigenvalue weighted by atomic mass is 35.5. The van der Waals surface area contributed by atoms with Crippen LogP contribution < -0.4 is 4.74 Å². The van der Waals surface area contributed by atoms with Gasteiger partial charge in [0.25, 0.3) is 0 Å². The van der Waals surface area contributed by atoms with Gasteiger partial charge >= 0.3 is 0 Å². The van der Waals surface area contributed by atoms with E-state index < -0.39 is 0 Å². The van der Waals surface area contributed by atoms with E-state index in [0.717, 1.165) is 28.2 Å². The molecule has 0 aliphatic heterocycles. The van der Waals surface area contributed by atoms with Gasteiger partial charge in [0.2, 0.25) is 0 Å². The SMILES string of the molecule is Clc1ccccc1-c1nc2ccccc2n1CCOc1ccc2ccccc2c1. The van der Waals surface area contributed by atoms with Gasteiger partial charge in [-0.3, -0.25) is 0 Å². The monoisotopic (exact) mass is 398 g/mol. The lowest BCUT2D eigenvalue weighted by Crippen LogP contribution is -2.09. The van der Waals surface area contributed by atoms with Crippen LogP contribution in [0.15, 0.2) is 91.0 Å². The largest absolute Gasteiger partial charge is 0.492 e. The highest BCUT2D eigenvalue weighted by Crippen LogP contribution is 2.30. The van der Waals surface area contributed by atoms with E-state index in [1.807, 2.05) is 60.7 Å². The first kappa shape index (κ1) is 17.8. The van der Waals surface area contributed by atoms with Crippen LogP contribution in [-0.2, 0) is 6.54 Å². The zero-order valence-corrected chi connectivity index (χ0v) is 16.5. The van der Waals surface area contributed by atoms with Crippen LogP contribution in [0.25, 0.3) is 33.2 Å². The maximum absolute atomic E-state index is 6.46. The Morgan fingerprint density at radius 3 is 2.45 bits per heavy atom. The summed E-state index contributed by atoms with van der Waals surface area (Å²) in [5, 5.41) is 3.08. The minimum Gasteiger partial charge on any atom is -0.492 e. The third-order valence-electron chi connectivity index (χ3n) is 5.07. The topological polar surface area (TPSA) is 27.1 Å². The van der Waals surface area contributed by atoms with E-state index in [9.17, 15) is 0 Å². The first-order valence-electron chi connectivity index (χ1n) is 9.61. The molecule has 1 aromatic heterocycles. The van der Waals surface area contributed by atoms with E-state index in [1.165, 1.54) is 10.8 Å². The second kappa shape index (κ2) is 7.61. The number of hydrogen-bond donors (Lipinski definition) is 0. The van der Waals surface area contributed by atoms with E-state index in [0.29, 0.717) is 18.2 Å². The lowest BCUT2D eigenvalue weighted by molar-refractivity contribution is 0.301. The predicted molar refractivity (Wildman–Crippen MR) is 120 cm³/mol. The molecule has 0 spiro atoms. The molecule has 0 atom stereocenters. The normalized spacial score (nSPS) is 11.2. The molecule has 0 fully saturated rings. The van der Waals surface area contributed by atoms with Crippen molar-refractivity contribution in [2.24, 2.45) is 0 Å². The van der Waals surface area contributed by atoms with Crippen LogP contribution in [0.1, 0.15) is 0 Å². The Labute approximate surface area is 174 Å². The molecule has 1 heterocycles. The molecule has 5 rings (SSSR count). The van der Waals surface area contributed by atoms with E-state index in [2.05, 4.69) is 34.9 Å². The highest BCUT2D eigenvalue weighted by molar-refractivity contribution is 6.33. The lowest BCUT2D eigenvalue weighted by atomic mass is 10.1. The van der Waals surface area contributed by atoms with Crippen LogP contribution >= 0.6 is 11.6 Å². The van der Waals surface area contributed by atoms with E-state index >= 15 is 0 Å². The van der Waals surface area contributed by atoms with Gasteiger partial charge in [-0.15, -0.1) is 0 Å². The lowest BCUT2D eigenvalue weighted by Gasteiger charge is -2.12. The molecular formula is C25H19ClN2O. The molecule has 4 aromatic carbocycles. The molecule has 0 bridgehead atoms. The minimum atomic E-state index is 0.538. The van der Waals surface area contributed by atoms with Crippen molar-refractivity contribution in [2.45, 2.75) is 6.54 Å². The minimum absolute atomic E-state index is 0.538. The van der Waals surface area contributed by atoms with Crippen LogP contribution in [-0.4, -0.2) is 16.2 Å². The first-order valence-corrected chi connectivity index (χ1v) is 9.99. The van der Waals surface area contributed by atoms with Crippen molar-refractivity contribution >= 4 is 33.4 Å². The number of imidazole rings is 1. The summed E-state index contributed by atoms with van der Waals surface area (Å²) < 4.78 is 8.25. The van der Waals surface area contributed by atoms with Crippen molar-refractivity contribution in [1.29, 1.82) is 0 Å².